The zero-order chi connectivity index (χ0) is 21.1. The smallest absolute Gasteiger partial charge is 0.294 e. The second kappa shape index (κ2) is 8.41. The molecule has 0 radical (unpaired) electrons. The van der Waals surface area contributed by atoms with E-state index in [0.29, 0.717) is 5.56 Å². The van der Waals surface area contributed by atoms with Crippen LogP contribution in [0.25, 0.3) is 11.1 Å². The molecule has 6 heteroatoms. The van der Waals surface area contributed by atoms with E-state index in [4.69, 9.17) is 0 Å². The Labute approximate surface area is 177 Å². The molecule has 30 heavy (non-hydrogen) atoms. The molecule has 4 nitrogen and oxygen atoms in total. The monoisotopic (exact) mass is 434 g/mol. The van der Waals surface area contributed by atoms with Gasteiger partial charge < -0.3 is 5.11 Å². The summed E-state index contributed by atoms with van der Waals surface area (Å²) in [4.78, 5) is -0.256. The zero-order valence-corrected chi connectivity index (χ0v) is 17.6. The number of rotatable bonds is 5. The van der Waals surface area contributed by atoms with Crippen molar-refractivity contribution in [2.45, 2.75) is 4.90 Å². The van der Waals surface area contributed by atoms with E-state index < -0.39 is 18.0 Å². The van der Waals surface area contributed by atoms with Gasteiger partial charge in [-0.25, -0.2) is 0 Å². The minimum absolute atomic E-state index is 0.0501. The Bertz CT molecular complexity index is 1230. The fourth-order valence-corrected chi connectivity index (χ4v) is 6.34. The predicted molar refractivity (Wildman–Crippen MR) is 122 cm³/mol. The third-order valence-electron chi connectivity index (χ3n) is 4.73. The molecule has 0 aromatic heterocycles. The number of hydrogen-bond acceptors (Lipinski definition) is 3. The van der Waals surface area contributed by atoms with Gasteiger partial charge in [0, 0.05) is 5.56 Å². The summed E-state index contributed by atoms with van der Waals surface area (Å²) in [5.74, 6) is -0.0501. The highest BCUT2D eigenvalue weighted by molar-refractivity contribution is 7.85. The second-order valence-corrected chi connectivity index (χ2v) is 10.3. The van der Waals surface area contributed by atoms with Crippen molar-refractivity contribution in [1.29, 1.82) is 0 Å². The highest BCUT2D eigenvalue weighted by Crippen LogP contribution is 2.39. The minimum Gasteiger partial charge on any atom is -0.507 e. The van der Waals surface area contributed by atoms with E-state index in [9.17, 15) is 18.1 Å². The molecule has 0 bridgehead atoms. The lowest BCUT2D eigenvalue weighted by atomic mass is 10.0. The standard InChI is InChI=1S/C24H19O4PS/c25-23-16-15-20(30(26,27)28)17-22(23)21-13-7-8-14-24(21)29(18-9-3-1-4-10-18)19-11-5-2-6-12-19/h1-17,25H,(H,26,27,28). The molecule has 0 heterocycles. The summed E-state index contributed by atoms with van der Waals surface area (Å²) in [6.45, 7) is 0. The van der Waals surface area contributed by atoms with Gasteiger partial charge in [-0.15, -0.1) is 0 Å². The molecular weight excluding hydrogens is 415 g/mol. The summed E-state index contributed by atoms with van der Waals surface area (Å²) >= 11 is 0. The predicted octanol–water partition coefficient (Wildman–Crippen LogP) is 4.06. The first-order chi connectivity index (χ1) is 14.4. The molecular formula is C24H19O4PS. The van der Waals surface area contributed by atoms with Crippen molar-refractivity contribution in [3.63, 3.8) is 0 Å². The summed E-state index contributed by atoms with van der Waals surface area (Å²) in [7, 11) is -5.36. The van der Waals surface area contributed by atoms with Crippen LogP contribution in [-0.4, -0.2) is 18.1 Å². The molecule has 0 aliphatic heterocycles. The van der Waals surface area contributed by atoms with Crippen LogP contribution < -0.4 is 15.9 Å². The molecule has 0 aliphatic rings. The number of benzene rings is 4. The lowest BCUT2D eigenvalue weighted by Crippen LogP contribution is -2.22. The molecule has 0 spiro atoms. The van der Waals surface area contributed by atoms with E-state index in [1.54, 1.807) is 0 Å². The third-order valence-corrected chi connectivity index (χ3v) is 8.08. The molecule has 4 rings (SSSR count). The Kier molecular flexibility index (Phi) is 5.69. The van der Waals surface area contributed by atoms with Gasteiger partial charge in [0.1, 0.15) is 5.75 Å². The average molecular weight is 434 g/mol. The van der Waals surface area contributed by atoms with Crippen molar-refractivity contribution in [3.8, 4) is 16.9 Å². The van der Waals surface area contributed by atoms with Crippen LogP contribution in [0, 0.1) is 0 Å². The highest BCUT2D eigenvalue weighted by atomic mass is 32.2. The fourth-order valence-electron chi connectivity index (χ4n) is 3.37. The van der Waals surface area contributed by atoms with E-state index >= 15 is 0 Å². The van der Waals surface area contributed by atoms with Crippen LogP contribution in [0.4, 0.5) is 0 Å². The Morgan fingerprint density at radius 1 is 0.633 bits per heavy atom. The highest BCUT2D eigenvalue weighted by Gasteiger charge is 2.22. The molecule has 0 amide bonds. The first-order valence-corrected chi connectivity index (χ1v) is 12.0. The molecule has 0 fully saturated rings. The van der Waals surface area contributed by atoms with Crippen molar-refractivity contribution in [3.05, 3.63) is 103 Å². The van der Waals surface area contributed by atoms with Crippen molar-refractivity contribution >= 4 is 34.0 Å². The summed E-state index contributed by atoms with van der Waals surface area (Å²) < 4.78 is 32.8. The maximum atomic E-state index is 11.7. The van der Waals surface area contributed by atoms with E-state index in [2.05, 4.69) is 24.3 Å². The molecule has 0 aliphatic carbocycles. The number of phenols is 1. The Hall–Kier alpha value is -2.98. The molecule has 4 aromatic carbocycles. The van der Waals surface area contributed by atoms with Crippen LogP contribution in [0.3, 0.4) is 0 Å². The molecule has 2 N–H and O–H groups in total. The zero-order valence-electron chi connectivity index (χ0n) is 15.9. The molecule has 150 valence electrons. The SMILES string of the molecule is O=S(=O)(O)c1ccc(O)c(-c2ccccc2P(c2ccccc2)c2ccccc2)c1. The van der Waals surface area contributed by atoms with Crippen LogP contribution in [0.2, 0.25) is 0 Å². The van der Waals surface area contributed by atoms with Crippen molar-refractivity contribution in [1.82, 2.24) is 0 Å². The average Bonchev–Trinajstić information content (AvgIpc) is 2.75. The number of hydrogen-bond donors (Lipinski definition) is 2. The van der Waals surface area contributed by atoms with Crippen molar-refractivity contribution in [2.75, 3.05) is 0 Å². The van der Waals surface area contributed by atoms with E-state index in [1.807, 2.05) is 60.7 Å². The van der Waals surface area contributed by atoms with Crippen LogP contribution in [0.15, 0.2) is 108 Å². The van der Waals surface area contributed by atoms with Crippen molar-refractivity contribution < 1.29 is 18.1 Å². The first-order valence-electron chi connectivity index (χ1n) is 9.25. The van der Waals surface area contributed by atoms with Gasteiger partial charge in [0.2, 0.25) is 0 Å². The Balaban J connectivity index is 1.97. The topological polar surface area (TPSA) is 74.6 Å². The maximum absolute atomic E-state index is 11.7. The fraction of sp³-hybridized carbons (Fsp3) is 0. The first kappa shape index (κ1) is 20.3. The Morgan fingerprint density at radius 3 is 1.73 bits per heavy atom. The van der Waals surface area contributed by atoms with Gasteiger partial charge in [0.05, 0.1) is 4.90 Å². The molecule has 0 saturated heterocycles. The minimum atomic E-state index is -4.39. The van der Waals surface area contributed by atoms with Crippen molar-refractivity contribution in [2.24, 2.45) is 0 Å². The quantitative estimate of drug-likeness (QED) is 0.367. The van der Waals surface area contributed by atoms with Gasteiger partial charge in [-0.05, 0) is 47.6 Å². The van der Waals surface area contributed by atoms with Gasteiger partial charge in [-0.1, -0.05) is 84.9 Å². The van der Waals surface area contributed by atoms with Crippen LogP contribution in [0.5, 0.6) is 5.75 Å². The largest absolute Gasteiger partial charge is 0.507 e. The molecule has 0 saturated carbocycles. The van der Waals surface area contributed by atoms with Gasteiger partial charge in [-0.2, -0.15) is 8.42 Å². The second-order valence-electron chi connectivity index (χ2n) is 6.68. The van der Waals surface area contributed by atoms with Gasteiger partial charge in [-0.3, -0.25) is 4.55 Å². The van der Waals surface area contributed by atoms with Crippen LogP contribution in [0.1, 0.15) is 0 Å². The number of aromatic hydroxyl groups is 1. The summed E-state index contributed by atoms with van der Waals surface area (Å²) in [6, 6.07) is 31.6. The van der Waals surface area contributed by atoms with Crippen LogP contribution in [-0.2, 0) is 10.1 Å². The van der Waals surface area contributed by atoms with E-state index in [-0.39, 0.29) is 10.6 Å². The van der Waals surface area contributed by atoms with E-state index in [1.165, 1.54) is 18.2 Å². The normalized spacial score (nSPS) is 11.5. The Morgan fingerprint density at radius 2 is 1.17 bits per heavy atom. The maximum Gasteiger partial charge on any atom is 0.294 e. The van der Waals surface area contributed by atoms with Gasteiger partial charge in [0.25, 0.3) is 10.1 Å². The lowest BCUT2D eigenvalue weighted by Gasteiger charge is -2.23. The summed E-state index contributed by atoms with van der Waals surface area (Å²) in [6.07, 6.45) is 0. The summed E-state index contributed by atoms with van der Waals surface area (Å²) in [5.41, 5.74) is 1.08. The summed E-state index contributed by atoms with van der Waals surface area (Å²) in [5, 5.41) is 13.8. The third kappa shape index (κ3) is 4.14. The molecule has 0 atom stereocenters. The van der Waals surface area contributed by atoms with E-state index in [0.717, 1.165) is 21.5 Å². The van der Waals surface area contributed by atoms with Crippen LogP contribution >= 0.6 is 7.92 Å². The van der Waals surface area contributed by atoms with Gasteiger partial charge in [0.15, 0.2) is 0 Å². The lowest BCUT2D eigenvalue weighted by molar-refractivity contribution is 0.474. The number of phenolic OH excluding ortho intramolecular Hbond substituents is 1. The molecule has 0 unspecified atom stereocenters. The molecule has 4 aromatic rings. The van der Waals surface area contributed by atoms with Gasteiger partial charge >= 0.3 is 0 Å².